The quantitative estimate of drug-likeness (QED) is 0.582. The molecular weight excluding hydrogens is 258 g/mol. The van der Waals surface area contributed by atoms with Crippen LogP contribution in [0, 0.1) is 0 Å². The molecule has 0 radical (unpaired) electrons. The zero-order valence-corrected chi connectivity index (χ0v) is 11.3. The van der Waals surface area contributed by atoms with Crippen LogP contribution in [0.25, 0.3) is 21.7 Å². The number of fused-ring (bicyclic) bond motifs is 2. The smallest absolute Gasteiger partial charge is 0.141 e. The minimum absolute atomic E-state index is 0.830. The fourth-order valence-corrected chi connectivity index (χ4v) is 2.51. The topological polar surface area (TPSA) is 37.8 Å². The lowest BCUT2D eigenvalue weighted by molar-refractivity contribution is 1.22. The molecule has 3 heteroatoms. The third-order valence-corrected chi connectivity index (χ3v) is 3.56. The van der Waals surface area contributed by atoms with Gasteiger partial charge in [-0.15, -0.1) is 0 Å². The second-order valence-electron chi connectivity index (χ2n) is 4.93. The summed E-state index contributed by atoms with van der Waals surface area (Å²) in [6.45, 7) is 0. The molecule has 1 N–H and O–H groups in total. The molecule has 4 rings (SSSR count). The van der Waals surface area contributed by atoms with Crippen molar-refractivity contribution < 1.29 is 0 Å². The summed E-state index contributed by atoms with van der Waals surface area (Å²) < 4.78 is 0. The molecule has 0 saturated heterocycles. The van der Waals surface area contributed by atoms with Crippen LogP contribution in [0.1, 0.15) is 0 Å². The molecule has 1 aromatic heterocycles. The predicted molar refractivity (Wildman–Crippen MR) is 86.8 cm³/mol. The van der Waals surface area contributed by atoms with Gasteiger partial charge in [0, 0.05) is 11.1 Å². The van der Waals surface area contributed by atoms with Crippen LogP contribution in [0.15, 0.2) is 73.1 Å². The van der Waals surface area contributed by atoms with Crippen molar-refractivity contribution in [2.75, 3.05) is 5.32 Å². The van der Waals surface area contributed by atoms with Crippen LogP contribution in [0.3, 0.4) is 0 Å². The Morgan fingerprint density at radius 2 is 1.52 bits per heavy atom. The van der Waals surface area contributed by atoms with Gasteiger partial charge in [0.15, 0.2) is 0 Å². The van der Waals surface area contributed by atoms with Gasteiger partial charge in [0.25, 0.3) is 0 Å². The first-order chi connectivity index (χ1) is 10.4. The van der Waals surface area contributed by atoms with E-state index in [9.17, 15) is 0 Å². The molecule has 4 aromatic rings. The second kappa shape index (κ2) is 4.87. The highest BCUT2D eigenvalue weighted by molar-refractivity contribution is 5.92. The fraction of sp³-hybridized carbons (Fsp3) is 0. The molecule has 3 nitrogen and oxygen atoms in total. The van der Waals surface area contributed by atoms with Crippen LogP contribution in [0.2, 0.25) is 0 Å². The van der Waals surface area contributed by atoms with Crippen molar-refractivity contribution in [2.24, 2.45) is 0 Å². The van der Waals surface area contributed by atoms with E-state index >= 15 is 0 Å². The largest absolute Gasteiger partial charge is 0.340 e. The Morgan fingerprint density at radius 3 is 2.48 bits per heavy atom. The standard InChI is InChI=1S/C18H13N3/c1-2-6-14-11-15(10-9-13(14)5-1)21-18-16-7-3-4-8-17(16)19-12-20-18/h1-12H,(H,19,20,21). The number of hydrogen-bond donors (Lipinski definition) is 1. The summed E-state index contributed by atoms with van der Waals surface area (Å²) in [5, 5.41) is 6.85. The van der Waals surface area contributed by atoms with E-state index in [0.717, 1.165) is 22.4 Å². The second-order valence-corrected chi connectivity index (χ2v) is 4.93. The summed E-state index contributed by atoms with van der Waals surface area (Å²) in [7, 11) is 0. The minimum Gasteiger partial charge on any atom is -0.340 e. The summed E-state index contributed by atoms with van der Waals surface area (Å²) in [4.78, 5) is 8.64. The third kappa shape index (κ3) is 2.19. The first-order valence-electron chi connectivity index (χ1n) is 6.86. The summed E-state index contributed by atoms with van der Waals surface area (Å²) in [6, 6.07) is 22.6. The van der Waals surface area contributed by atoms with Gasteiger partial charge >= 0.3 is 0 Å². The molecule has 1 heterocycles. The third-order valence-electron chi connectivity index (χ3n) is 3.56. The normalized spacial score (nSPS) is 10.9. The van der Waals surface area contributed by atoms with E-state index < -0.39 is 0 Å². The molecule has 0 fully saturated rings. The summed E-state index contributed by atoms with van der Waals surface area (Å²) in [6.07, 6.45) is 1.59. The van der Waals surface area contributed by atoms with Crippen LogP contribution in [0.4, 0.5) is 11.5 Å². The van der Waals surface area contributed by atoms with E-state index in [1.807, 2.05) is 36.4 Å². The van der Waals surface area contributed by atoms with Crippen LogP contribution in [-0.4, -0.2) is 9.97 Å². The number of nitrogens with one attached hydrogen (secondary N) is 1. The Bertz CT molecular complexity index is 926. The molecule has 21 heavy (non-hydrogen) atoms. The van der Waals surface area contributed by atoms with Crippen LogP contribution in [-0.2, 0) is 0 Å². The monoisotopic (exact) mass is 271 g/mol. The Labute approximate surface area is 122 Å². The molecule has 0 aliphatic rings. The molecule has 0 aliphatic heterocycles. The van der Waals surface area contributed by atoms with E-state index in [0.29, 0.717) is 0 Å². The summed E-state index contributed by atoms with van der Waals surface area (Å²) in [5.41, 5.74) is 1.97. The Balaban J connectivity index is 1.79. The molecule has 0 spiro atoms. The minimum atomic E-state index is 0.830. The van der Waals surface area contributed by atoms with Gasteiger partial charge in [-0.2, -0.15) is 0 Å². The van der Waals surface area contributed by atoms with Gasteiger partial charge in [-0.05, 0) is 35.0 Å². The SMILES string of the molecule is c1ccc2cc(Nc3ncnc4ccccc34)ccc2c1. The zero-order valence-electron chi connectivity index (χ0n) is 11.3. The van der Waals surface area contributed by atoms with Gasteiger partial charge in [-0.25, -0.2) is 9.97 Å². The first kappa shape index (κ1) is 11.9. The zero-order chi connectivity index (χ0) is 14.1. The van der Waals surface area contributed by atoms with E-state index in [1.54, 1.807) is 6.33 Å². The molecule has 100 valence electrons. The van der Waals surface area contributed by atoms with E-state index in [-0.39, 0.29) is 0 Å². The molecule has 3 aromatic carbocycles. The Kier molecular flexibility index (Phi) is 2.75. The number of anilines is 2. The van der Waals surface area contributed by atoms with E-state index in [1.165, 1.54) is 10.8 Å². The van der Waals surface area contributed by atoms with Crippen molar-refractivity contribution in [3.8, 4) is 0 Å². The maximum atomic E-state index is 4.36. The highest BCUT2D eigenvalue weighted by Gasteiger charge is 2.03. The van der Waals surface area contributed by atoms with Crippen molar-refractivity contribution in [1.82, 2.24) is 9.97 Å². The molecule has 0 atom stereocenters. The molecular formula is C18H13N3. The lowest BCUT2D eigenvalue weighted by Gasteiger charge is -2.09. The fourth-order valence-electron chi connectivity index (χ4n) is 2.51. The lowest BCUT2D eigenvalue weighted by Crippen LogP contribution is -1.95. The van der Waals surface area contributed by atoms with Gasteiger partial charge in [-0.1, -0.05) is 42.5 Å². The number of aromatic nitrogens is 2. The predicted octanol–water partition coefficient (Wildman–Crippen LogP) is 4.53. The van der Waals surface area contributed by atoms with Crippen molar-refractivity contribution in [3.05, 3.63) is 73.1 Å². The van der Waals surface area contributed by atoms with Crippen LogP contribution >= 0.6 is 0 Å². The van der Waals surface area contributed by atoms with Gasteiger partial charge in [0.05, 0.1) is 5.52 Å². The number of benzene rings is 3. The molecule has 0 unspecified atom stereocenters. The Hall–Kier alpha value is -2.94. The van der Waals surface area contributed by atoms with Gasteiger partial charge in [0.2, 0.25) is 0 Å². The highest BCUT2D eigenvalue weighted by atomic mass is 15.0. The number of hydrogen-bond acceptors (Lipinski definition) is 3. The van der Waals surface area contributed by atoms with Crippen LogP contribution in [0.5, 0.6) is 0 Å². The highest BCUT2D eigenvalue weighted by Crippen LogP contribution is 2.25. The summed E-state index contributed by atoms with van der Waals surface area (Å²) >= 11 is 0. The van der Waals surface area contributed by atoms with Gasteiger partial charge < -0.3 is 5.32 Å². The van der Waals surface area contributed by atoms with Crippen molar-refractivity contribution in [3.63, 3.8) is 0 Å². The molecule has 0 aliphatic carbocycles. The first-order valence-corrected chi connectivity index (χ1v) is 6.86. The molecule has 0 amide bonds. The average molecular weight is 271 g/mol. The van der Waals surface area contributed by atoms with Crippen molar-refractivity contribution in [2.45, 2.75) is 0 Å². The van der Waals surface area contributed by atoms with E-state index in [2.05, 4.69) is 45.6 Å². The van der Waals surface area contributed by atoms with E-state index in [4.69, 9.17) is 0 Å². The number of rotatable bonds is 2. The average Bonchev–Trinajstić information content (AvgIpc) is 2.55. The van der Waals surface area contributed by atoms with Gasteiger partial charge in [-0.3, -0.25) is 0 Å². The molecule has 0 bridgehead atoms. The van der Waals surface area contributed by atoms with Crippen molar-refractivity contribution in [1.29, 1.82) is 0 Å². The molecule has 0 saturated carbocycles. The number of para-hydroxylation sites is 1. The van der Waals surface area contributed by atoms with Gasteiger partial charge in [0.1, 0.15) is 12.1 Å². The maximum absolute atomic E-state index is 4.36. The number of nitrogens with zero attached hydrogens (tertiary/aromatic N) is 2. The Morgan fingerprint density at radius 1 is 0.714 bits per heavy atom. The lowest BCUT2D eigenvalue weighted by atomic mass is 10.1. The van der Waals surface area contributed by atoms with Crippen molar-refractivity contribution >= 4 is 33.2 Å². The van der Waals surface area contributed by atoms with Crippen LogP contribution < -0.4 is 5.32 Å². The maximum Gasteiger partial charge on any atom is 0.141 e. The summed E-state index contributed by atoms with van der Waals surface area (Å²) in [5.74, 6) is 0.830.